The molecule has 4 aromatic rings. The number of rotatable bonds is 4. The summed E-state index contributed by atoms with van der Waals surface area (Å²) in [7, 11) is 0. The highest BCUT2D eigenvalue weighted by Gasteiger charge is 2.26. The monoisotopic (exact) mass is 461 g/mol. The van der Waals surface area contributed by atoms with Crippen molar-refractivity contribution in [2.24, 2.45) is 0 Å². The van der Waals surface area contributed by atoms with Crippen LogP contribution >= 0.6 is 0 Å². The predicted molar refractivity (Wildman–Crippen MR) is 124 cm³/mol. The van der Waals surface area contributed by atoms with Crippen LogP contribution in [-0.2, 0) is 17.8 Å². The van der Waals surface area contributed by atoms with Crippen molar-refractivity contribution < 1.29 is 14.3 Å². The Morgan fingerprint density at radius 3 is 2.82 bits per heavy atom. The molecule has 10 heteroatoms. The fourth-order valence-electron chi connectivity index (χ4n) is 5.22. The maximum absolute atomic E-state index is 14.8. The van der Waals surface area contributed by atoms with Crippen molar-refractivity contribution in [3.63, 3.8) is 0 Å². The highest BCUT2D eigenvalue weighted by Crippen LogP contribution is 2.38. The van der Waals surface area contributed by atoms with Crippen molar-refractivity contribution >= 4 is 39.6 Å². The number of halogens is 1. The molecule has 0 aromatic carbocycles. The Morgan fingerprint density at radius 1 is 1.15 bits per heavy atom. The molecule has 0 radical (unpaired) electrons. The Kier molecular flexibility index (Phi) is 5.09. The lowest BCUT2D eigenvalue weighted by molar-refractivity contribution is -0.135. The van der Waals surface area contributed by atoms with Gasteiger partial charge in [0.1, 0.15) is 23.6 Å². The zero-order valence-corrected chi connectivity index (χ0v) is 18.5. The molecule has 0 spiro atoms. The number of anilines is 2. The molecule has 4 aromatic heterocycles. The number of carbonyl (C=O) groups is 1. The second-order valence-corrected chi connectivity index (χ2v) is 8.89. The lowest BCUT2D eigenvalue weighted by Crippen LogP contribution is -2.37. The summed E-state index contributed by atoms with van der Waals surface area (Å²) in [6.07, 6.45) is 8.03. The molecule has 5 heterocycles. The van der Waals surface area contributed by atoms with E-state index in [0.717, 1.165) is 47.7 Å². The van der Waals surface area contributed by atoms with Gasteiger partial charge in [-0.2, -0.15) is 9.37 Å². The van der Waals surface area contributed by atoms with Gasteiger partial charge in [-0.15, -0.1) is 0 Å². The van der Waals surface area contributed by atoms with Gasteiger partial charge < -0.3 is 19.9 Å². The maximum Gasteiger partial charge on any atom is 0.248 e. The number of fused-ring (bicyclic) bond motifs is 4. The quantitative estimate of drug-likeness (QED) is 0.449. The molecular weight excluding hydrogens is 437 g/mol. The first-order valence-corrected chi connectivity index (χ1v) is 11.6. The first kappa shape index (κ1) is 20.9. The third-order valence-electron chi connectivity index (χ3n) is 6.87. The van der Waals surface area contributed by atoms with Crippen LogP contribution in [0.4, 0.5) is 16.2 Å². The summed E-state index contributed by atoms with van der Waals surface area (Å²) < 4.78 is 16.8. The van der Waals surface area contributed by atoms with E-state index < -0.39 is 12.6 Å². The molecule has 1 fully saturated rings. The molecule has 0 atom stereocenters. The molecule has 6 rings (SSSR count). The summed E-state index contributed by atoms with van der Waals surface area (Å²) >= 11 is 0. The van der Waals surface area contributed by atoms with Gasteiger partial charge in [0, 0.05) is 54.4 Å². The average molecular weight is 462 g/mol. The Morgan fingerprint density at radius 2 is 2.00 bits per heavy atom. The predicted octanol–water partition coefficient (Wildman–Crippen LogP) is 3.25. The lowest BCUT2D eigenvalue weighted by atomic mass is 10.1. The van der Waals surface area contributed by atoms with E-state index in [-0.39, 0.29) is 11.9 Å². The van der Waals surface area contributed by atoms with E-state index in [0.29, 0.717) is 42.4 Å². The molecular formula is C24H24FN7O2. The Labute approximate surface area is 194 Å². The maximum atomic E-state index is 14.8. The molecule has 174 valence electrons. The molecule has 0 saturated heterocycles. The minimum atomic E-state index is -0.486. The second kappa shape index (κ2) is 8.28. The van der Waals surface area contributed by atoms with E-state index in [1.807, 2.05) is 22.8 Å². The van der Waals surface area contributed by atoms with Gasteiger partial charge in [0.2, 0.25) is 17.8 Å². The summed E-state index contributed by atoms with van der Waals surface area (Å²) in [5.74, 6) is 0.237. The van der Waals surface area contributed by atoms with Gasteiger partial charge in [-0.3, -0.25) is 4.79 Å². The van der Waals surface area contributed by atoms with Crippen LogP contribution in [0.2, 0.25) is 0 Å². The van der Waals surface area contributed by atoms with Crippen LogP contribution in [0.3, 0.4) is 0 Å². The van der Waals surface area contributed by atoms with Gasteiger partial charge in [-0.25, -0.2) is 15.0 Å². The summed E-state index contributed by atoms with van der Waals surface area (Å²) in [5, 5.41) is 13.9. The van der Waals surface area contributed by atoms with Gasteiger partial charge in [0.15, 0.2) is 0 Å². The molecule has 1 amide bonds. The van der Waals surface area contributed by atoms with Crippen LogP contribution < -0.4 is 5.32 Å². The van der Waals surface area contributed by atoms with Gasteiger partial charge in [-0.05, 0) is 30.5 Å². The van der Waals surface area contributed by atoms with Crippen molar-refractivity contribution in [2.45, 2.75) is 44.7 Å². The van der Waals surface area contributed by atoms with Crippen molar-refractivity contribution in [2.75, 3.05) is 18.5 Å². The molecule has 0 unspecified atom stereocenters. The smallest absolute Gasteiger partial charge is 0.248 e. The van der Waals surface area contributed by atoms with E-state index in [4.69, 9.17) is 15.1 Å². The highest BCUT2D eigenvalue weighted by atomic mass is 19.1. The summed E-state index contributed by atoms with van der Waals surface area (Å²) in [5.41, 5.74) is 3.05. The number of pyridine rings is 2. The van der Waals surface area contributed by atoms with E-state index in [1.165, 1.54) is 6.20 Å². The zero-order valence-electron chi connectivity index (χ0n) is 18.5. The van der Waals surface area contributed by atoms with E-state index in [2.05, 4.69) is 15.3 Å². The molecule has 2 aliphatic rings. The van der Waals surface area contributed by atoms with Crippen LogP contribution in [-0.4, -0.2) is 53.6 Å². The minimum Gasteiger partial charge on any atom is -0.387 e. The van der Waals surface area contributed by atoms with Gasteiger partial charge >= 0.3 is 0 Å². The third kappa shape index (κ3) is 3.45. The van der Waals surface area contributed by atoms with E-state index in [9.17, 15) is 9.18 Å². The number of hydrogen-bond donors (Lipinski definition) is 2. The number of nitrogens with zero attached hydrogens (tertiary/aromatic N) is 6. The number of aliphatic hydroxyl groups is 1. The number of aromatic nitrogens is 5. The molecule has 0 bridgehead atoms. The van der Waals surface area contributed by atoms with Gasteiger partial charge in [-0.1, -0.05) is 18.9 Å². The Balaban J connectivity index is 1.36. The number of carbonyl (C=O) groups excluding carboxylic acids is 1. The number of aliphatic hydroxyl groups excluding tert-OH is 1. The summed E-state index contributed by atoms with van der Waals surface area (Å²) in [4.78, 5) is 31.3. The molecule has 1 saturated carbocycles. The fourth-order valence-corrected chi connectivity index (χ4v) is 5.22. The van der Waals surface area contributed by atoms with Crippen LogP contribution in [0.1, 0.15) is 43.0 Å². The lowest BCUT2D eigenvalue weighted by Gasteiger charge is -2.28. The zero-order chi connectivity index (χ0) is 23.2. The summed E-state index contributed by atoms with van der Waals surface area (Å²) in [6.45, 7) is 0.470. The van der Waals surface area contributed by atoms with Crippen molar-refractivity contribution in [3.05, 3.63) is 47.8 Å². The average Bonchev–Trinajstić information content (AvgIpc) is 3.50. The van der Waals surface area contributed by atoms with Crippen molar-refractivity contribution in [3.8, 4) is 0 Å². The van der Waals surface area contributed by atoms with Gasteiger partial charge in [0.25, 0.3) is 0 Å². The SMILES string of the molecule is O=C(CO)N1CCc2nc(Nc3ncc4c5ccnc(F)c5n(C5CCCC5)c4n3)ccc2C1. The molecule has 2 N–H and O–H groups in total. The summed E-state index contributed by atoms with van der Waals surface area (Å²) in [6, 6.07) is 5.76. The van der Waals surface area contributed by atoms with Crippen molar-refractivity contribution in [1.82, 2.24) is 29.4 Å². The van der Waals surface area contributed by atoms with Crippen LogP contribution in [0.5, 0.6) is 0 Å². The molecule has 1 aliphatic carbocycles. The first-order valence-electron chi connectivity index (χ1n) is 11.6. The molecule has 34 heavy (non-hydrogen) atoms. The normalized spacial score (nSPS) is 16.4. The number of nitrogens with one attached hydrogen (secondary N) is 1. The largest absolute Gasteiger partial charge is 0.387 e. The fraction of sp³-hybridized carbons (Fsp3) is 0.375. The number of amides is 1. The van der Waals surface area contributed by atoms with Crippen LogP contribution in [0.25, 0.3) is 21.9 Å². The standard InChI is InChI=1S/C24H24FN7O2/c25-22-21-16(7-9-26-22)17-11-27-24(30-23(17)32(21)15-3-1-2-4-15)29-19-6-5-14-12-31(20(34)13-33)10-8-18(14)28-19/h5-7,9,11,15,33H,1-4,8,10,12-13H2,(H,27,28,29,30). The third-order valence-corrected chi connectivity index (χ3v) is 6.87. The van der Waals surface area contributed by atoms with E-state index >= 15 is 0 Å². The van der Waals surface area contributed by atoms with Crippen molar-refractivity contribution in [1.29, 1.82) is 0 Å². The number of hydrogen-bond acceptors (Lipinski definition) is 7. The Hall–Kier alpha value is -3.66. The second-order valence-electron chi connectivity index (χ2n) is 8.89. The van der Waals surface area contributed by atoms with Crippen LogP contribution in [0, 0.1) is 5.95 Å². The Bertz CT molecular complexity index is 1410. The van der Waals surface area contributed by atoms with Crippen LogP contribution in [0.15, 0.2) is 30.6 Å². The highest BCUT2D eigenvalue weighted by molar-refractivity contribution is 6.06. The van der Waals surface area contributed by atoms with Gasteiger partial charge in [0.05, 0.1) is 0 Å². The van der Waals surface area contributed by atoms with E-state index in [1.54, 1.807) is 11.1 Å². The molecule has 1 aliphatic heterocycles. The minimum absolute atomic E-state index is 0.188. The topological polar surface area (TPSA) is 109 Å². The first-order chi connectivity index (χ1) is 16.6. The molecule has 9 nitrogen and oxygen atoms in total.